The van der Waals surface area contributed by atoms with Crippen molar-refractivity contribution < 1.29 is 19.2 Å². The summed E-state index contributed by atoms with van der Waals surface area (Å²) in [4.78, 5) is 14.3. The number of nitrogens with one attached hydrogen (secondary N) is 2. The highest BCUT2D eigenvalue weighted by molar-refractivity contribution is 5.94. The predicted octanol–water partition coefficient (Wildman–Crippen LogP) is 3.10. The number of hydrogen-bond acceptors (Lipinski definition) is 3. The highest BCUT2D eigenvalue weighted by Crippen LogP contribution is 2.19. The Morgan fingerprint density at radius 2 is 1.55 bits per heavy atom. The number of methoxy groups -OCH3 is 2. The monoisotopic (exact) mass is 391 g/mol. The third kappa shape index (κ3) is 5.36. The summed E-state index contributed by atoms with van der Waals surface area (Å²) < 4.78 is 10.6. The molecule has 0 aliphatic carbocycles. The van der Waals surface area contributed by atoms with E-state index in [4.69, 9.17) is 9.47 Å². The van der Waals surface area contributed by atoms with E-state index >= 15 is 0 Å². The van der Waals surface area contributed by atoms with Crippen LogP contribution in [0.2, 0.25) is 0 Å². The van der Waals surface area contributed by atoms with E-state index in [0.717, 1.165) is 21.8 Å². The van der Waals surface area contributed by atoms with Gasteiger partial charge < -0.3 is 19.7 Å². The summed E-state index contributed by atoms with van der Waals surface area (Å²) in [6.45, 7) is 0.683. The van der Waals surface area contributed by atoms with Crippen molar-refractivity contribution in [3.63, 3.8) is 0 Å². The second-order valence-electron chi connectivity index (χ2n) is 6.94. The molecule has 29 heavy (non-hydrogen) atoms. The number of rotatable bonds is 8. The van der Waals surface area contributed by atoms with Gasteiger partial charge in [-0.1, -0.05) is 48.5 Å². The van der Waals surface area contributed by atoms with Gasteiger partial charge in [0.05, 0.1) is 21.3 Å². The van der Waals surface area contributed by atoms with Crippen molar-refractivity contribution in [3.8, 4) is 11.5 Å². The van der Waals surface area contributed by atoms with Gasteiger partial charge in [0.15, 0.2) is 6.04 Å². The Balaban J connectivity index is 1.84. The summed E-state index contributed by atoms with van der Waals surface area (Å²) in [6, 6.07) is 24.8. The summed E-state index contributed by atoms with van der Waals surface area (Å²) in [6.07, 6.45) is 0. The first-order valence-electron chi connectivity index (χ1n) is 9.56. The van der Waals surface area contributed by atoms with E-state index in [1.807, 2.05) is 85.9 Å². The lowest BCUT2D eigenvalue weighted by molar-refractivity contribution is -0.915. The minimum Gasteiger partial charge on any atom is -0.497 e. The average molecular weight is 391 g/mol. The van der Waals surface area contributed by atoms with Crippen molar-refractivity contribution in [2.24, 2.45) is 0 Å². The molecule has 3 rings (SSSR count). The van der Waals surface area contributed by atoms with Crippen molar-refractivity contribution >= 4 is 11.6 Å². The molecule has 150 valence electrons. The quantitative estimate of drug-likeness (QED) is 0.620. The lowest BCUT2D eigenvalue weighted by Crippen LogP contribution is -3.09. The van der Waals surface area contributed by atoms with E-state index in [1.54, 1.807) is 14.2 Å². The van der Waals surface area contributed by atoms with Crippen LogP contribution in [0.4, 0.5) is 5.69 Å². The Bertz CT molecular complexity index is 944. The molecule has 5 heteroatoms. The van der Waals surface area contributed by atoms with Gasteiger partial charge in [-0.15, -0.1) is 0 Å². The molecule has 2 N–H and O–H groups in total. The van der Waals surface area contributed by atoms with Gasteiger partial charge in [-0.25, -0.2) is 0 Å². The molecule has 5 nitrogen and oxygen atoms in total. The number of benzene rings is 3. The molecule has 0 saturated heterocycles. The van der Waals surface area contributed by atoms with Crippen molar-refractivity contribution in [2.75, 3.05) is 26.6 Å². The van der Waals surface area contributed by atoms with E-state index in [2.05, 4.69) is 5.32 Å². The van der Waals surface area contributed by atoms with Gasteiger partial charge in [-0.05, 0) is 24.3 Å². The normalized spacial score (nSPS) is 12.7. The maximum Gasteiger partial charge on any atom is 0.287 e. The molecule has 0 bridgehead atoms. The molecule has 0 saturated carbocycles. The van der Waals surface area contributed by atoms with Crippen LogP contribution in [0, 0.1) is 0 Å². The van der Waals surface area contributed by atoms with Gasteiger partial charge in [-0.2, -0.15) is 0 Å². The number of amides is 1. The standard InChI is InChI=1S/C24H26N2O3/c1-26(17-18-9-7-13-21(15-18)28-2)23(19-10-5-4-6-11-19)24(27)25-20-12-8-14-22(16-20)29-3/h4-16,23H,17H2,1-3H3,(H,25,27)/p+1/t23-/m0/s1. The largest absolute Gasteiger partial charge is 0.497 e. The molecular formula is C24H27N2O3+. The fraction of sp³-hybridized carbons (Fsp3) is 0.208. The van der Waals surface area contributed by atoms with Gasteiger partial charge in [0.25, 0.3) is 5.91 Å². The van der Waals surface area contributed by atoms with E-state index in [-0.39, 0.29) is 11.9 Å². The van der Waals surface area contributed by atoms with Crippen molar-refractivity contribution in [2.45, 2.75) is 12.6 Å². The summed E-state index contributed by atoms with van der Waals surface area (Å²) in [5.41, 5.74) is 2.79. The van der Waals surface area contributed by atoms with Crippen LogP contribution in [0.15, 0.2) is 78.9 Å². The van der Waals surface area contributed by atoms with Gasteiger partial charge in [0.1, 0.15) is 18.0 Å². The lowest BCUT2D eigenvalue weighted by Gasteiger charge is -2.25. The summed E-state index contributed by atoms with van der Waals surface area (Å²) in [5, 5.41) is 3.04. The summed E-state index contributed by atoms with van der Waals surface area (Å²) >= 11 is 0. The van der Waals surface area contributed by atoms with Crippen LogP contribution in [0.5, 0.6) is 11.5 Å². The zero-order chi connectivity index (χ0) is 20.6. The Morgan fingerprint density at radius 3 is 2.24 bits per heavy atom. The number of likely N-dealkylation sites (N-methyl/N-ethyl adjacent to an activating group) is 1. The third-order valence-corrected chi connectivity index (χ3v) is 4.84. The number of hydrogen-bond donors (Lipinski definition) is 2. The predicted molar refractivity (Wildman–Crippen MR) is 114 cm³/mol. The van der Waals surface area contributed by atoms with Gasteiger partial charge in [0.2, 0.25) is 0 Å². The van der Waals surface area contributed by atoms with Gasteiger partial charge >= 0.3 is 0 Å². The van der Waals surface area contributed by atoms with Gasteiger partial charge in [0, 0.05) is 22.9 Å². The second-order valence-corrected chi connectivity index (χ2v) is 6.94. The highest BCUT2D eigenvalue weighted by atomic mass is 16.5. The highest BCUT2D eigenvalue weighted by Gasteiger charge is 2.29. The number of carbonyl (C=O) groups is 1. The molecule has 0 spiro atoms. The van der Waals surface area contributed by atoms with E-state index < -0.39 is 0 Å². The zero-order valence-electron chi connectivity index (χ0n) is 17.0. The maximum atomic E-state index is 13.3. The first-order chi connectivity index (χ1) is 14.1. The smallest absolute Gasteiger partial charge is 0.287 e. The van der Waals surface area contributed by atoms with Crippen LogP contribution in [0.3, 0.4) is 0 Å². The Hall–Kier alpha value is -3.31. The topological polar surface area (TPSA) is 52.0 Å². The lowest BCUT2D eigenvalue weighted by atomic mass is 10.0. The first-order valence-corrected chi connectivity index (χ1v) is 9.56. The van der Waals surface area contributed by atoms with E-state index in [0.29, 0.717) is 18.0 Å². The molecule has 0 aliphatic rings. The van der Waals surface area contributed by atoms with Crippen LogP contribution in [-0.2, 0) is 11.3 Å². The van der Waals surface area contributed by atoms with Crippen LogP contribution >= 0.6 is 0 Å². The first kappa shape index (κ1) is 20.4. The second kappa shape index (κ2) is 9.75. The Morgan fingerprint density at radius 1 is 0.897 bits per heavy atom. The molecule has 0 fully saturated rings. The fourth-order valence-electron chi connectivity index (χ4n) is 3.43. The van der Waals surface area contributed by atoms with Crippen molar-refractivity contribution in [3.05, 3.63) is 90.0 Å². The van der Waals surface area contributed by atoms with Gasteiger partial charge in [-0.3, -0.25) is 4.79 Å². The molecule has 0 aromatic heterocycles. The molecule has 0 radical (unpaired) electrons. The van der Waals surface area contributed by atoms with Crippen LogP contribution < -0.4 is 19.7 Å². The Labute approximate surface area is 171 Å². The maximum absolute atomic E-state index is 13.3. The molecular weight excluding hydrogens is 364 g/mol. The molecule has 2 atom stereocenters. The van der Waals surface area contributed by atoms with E-state index in [1.165, 1.54) is 0 Å². The SMILES string of the molecule is COc1cccc(C[NH+](C)[C@H](C(=O)Nc2cccc(OC)c2)c2ccccc2)c1. The number of ether oxygens (including phenoxy) is 2. The number of carbonyl (C=O) groups excluding carboxylic acids is 1. The fourth-order valence-corrected chi connectivity index (χ4v) is 3.43. The molecule has 1 unspecified atom stereocenters. The molecule has 3 aromatic rings. The summed E-state index contributed by atoms with van der Waals surface area (Å²) in [5.74, 6) is 1.45. The van der Waals surface area contributed by atoms with Crippen LogP contribution in [0.25, 0.3) is 0 Å². The minimum atomic E-state index is -0.367. The third-order valence-electron chi connectivity index (χ3n) is 4.84. The molecule has 1 amide bonds. The van der Waals surface area contributed by atoms with E-state index in [9.17, 15) is 4.79 Å². The minimum absolute atomic E-state index is 0.0650. The zero-order valence-corrected chi connectivity index (χ0v) is 17.0. The number of anilines is 1. The van der Waals surface area contributed by atoms with Crippen LogP contribution in [0.1, 0.15) is 17.2 Å². The van der Waals surface area contributed by atoms with Crippen LogP contribution in [-0.4, -0.2) is 27.2 Å². The van der Waals surface area contributed by atoms with Crippen molar-refractivity contribution in [1.82, 2.24) is 0 Å². The molecule has 0 aliphatic heterocycles. The van der Waals surface area contributed by atoms with Crippen molar-refractivity contribution in [1.29, 1.82) is 0 Å². The number of quaternary nitrogens is 1. The Kier molecular flexibility index (Phi) is 6.87. The molecule has 0 heterocycles. The average Bonchev–Trinajstić information content (AvgIpc) is 2.75. The molecule has 3 aromatic carbocycles. The summed E-state index contributed by atoms with van der Waals surface area (Å²) in [7, 11) is 5.30.